The maximum Gasteiger partial charge on any atom is 0.157 e. The molecule has 110 valence electrons. The second-order valence-electron chi connectivity index (χ2n) is 5.41. The van der Waals surface area contributed by atoms with Crippen molar-refractivity contribution < 1.29 is 25.2 Å². The van der Waals surface area contributed by atoms with E-state index < -0.39 is 0 Å². The van der Waals surface area contributed by atoms with Gasteiger partial charge in [0.2, 0.25) is 0 Å². The maximum atomic E-state index is 9.88. The van der Waals surface area contributed by atoms with Crippen LogP contribution in [0.3, 0.4) is 0 Å². The molecule has 5 heteroatoms. The van der Waals surface area contributed by atoms with Gasteiger partial charge < -0.3 is 25.2 Å². The Bertz CT molecular complexity index is 695. The number of hydrogen-bond donors (Lipinski definition) is 4. The second kappa shape index (κ2) is 4.77. The zero-order chi connectivity index (χ0) is 15.1. The molecule has 0 amide bonds. The summed E-state index contributed by atoms with van der Waals surface area (Å²) in [6, 6.07) is 7.32. The molecule has 1 aliphatic rings. The summed E-state index contributed by atoms with van der Waals surface area (Å²) in [5.74, 6) is 0.0720. The molecule has 21 heavy (non-hydrogen) atoms. The average molecular weight is 288 g/mol. The van der Waals surface area contributed by atoms with E-state index in [0.717, 1.165) is 5.56 Å². The number of fused-ring (bicyclic) bond motifs is 1. The highest BCUT2D eigenvalue weighted by Gasteiger charge is 2.30. The topological polar surface area (TPSA) is 90.2 Å². The molecule has 0 spiro atoms. The average Bonchev–Trinajstić information content (AvgIpc) is 2.42. The normalized spacial score (nSPS) is 20.6. The van der Waals surface area contributed by atoms with E-state index in [1.54, 1.807) is 6.07 Å². The quantitative estimate of drug-likeness (QED) is 0.606. The van der Waals surface area contributed by atoms with Crippen LogP contribution in [0, 0.1) is 5.92 Å². The Balaban J connectivity index is 2.00. The molecule has 4 N–H and O–H groups in total. The van der Waals surface area contributed by atoms with E-state index in [1.807, 2.05) is 6.92 Å². The van der Waals surface area contributed by atoms with Gasteiger partial charge >= 0.3 is 0 Å². The smallest absolute Gasteiger partial charge is 0.157 e. The third-order valence-electron chi connectivity index (χ3n) is 3.80. The van der Waals surface area contributed by atoms with Gasteiger partial charge in [0.25, 0.3) is 0 Å². The van der Waals surface area contributed by atoms with Crippen LogP contribution in [-0.2, 0) is 6.42 Å². The van der Waals surface area contributed by atoms with E-state index in [0.29, 0.717) is 17.7 Å². The van der Waals surface area contributed by atoms with Gasteiger partial charge in [-0.1, -0.05) is 13.0 Å². The zero-order valence-corrected chi connectivity index (χ0v) is 11.4. The number of phenolic OH excluding ortho intramolecular Hbond substituents is 4. The van der Waals surface area contributed by atoms with Gasteiger partial charge in [-0.05, 0) is 24.1 Å². The van der Waals surface area contributed by atoms with Crippen LogP contribution in [0.2, 0.25) is 0 Å². The third-order valence-corrected chi connectivity index (χ3v) is 3.80. The monoisotopic (exact) mass is 288 g/mol. The minimum atomic E-state index is -0.329. The molecule has 3 rings (SSSR count). The van der Waals surface area contributed by atoms with Crippen molar-refractivity contribution in [3.05, 3.63) is 41.5 Å². The molecule has 0 saturated carbocycles. The first-order chi connectivity index (χ1) is 9.95. The number of hydrogen-bond acceptors (Lipinski definition) is 5. The molecule has 5 nitrogen and oxygen atoms in total. The first-order valence-corrected chi connectivity index (χ1v) is 6.69. The maximum absolute atomic E-state index is 9.88. The van der Waals surface area contributed by atoms with Crippen molar-refractivity contribution in [3.63, 3.8) is 0 Å². The first kappa shape index (κ1) is 13.4. The summed E-state index contributed by atoms with van der Waals surface area (Å²) < 4.78 is 5.87. The predicted octanol–water partition coefficient (Wildman–Crippen LogP) is 2.82. The van der Waals surface area contributed by atoms with Gasteiger partial charge in [-0.15, -0.1) is 0 Å². The number of rotatable bonds is 1. The minimum Gasteiger partial charge on any atom is -0.508 e. The molecule has 0 aromatic heterocycles. The van der Waals surface area contributed by atoms with Gasteiger partial charge in [0.15, 0.2) is 11.5 Å². The molecule has 1 unspecified atom stereocenters. The molecular formula is C16H16O5. The van der Waals surface area contributed by atoms with Crippen molar-refractivity contribution in [1.29, 1.82) is 0 Å². The Morgan fingerprint density at radius 2 is 1.71 bits per heavy atom. The van der Waals surface area contributed by atoms with Crippen LogP contribution in [0.25, 0.3) is 0 Å². The molecule has 2 aromatic rings. The van der Waals surface area contributed by atoms with Crippen molar-refractivity contribution in [2.45, 2.75) is 19.4 Å². The molecular weight excluding hydrogens is 272 g/mol. The van der Waals surface area contributed by atoms with Crippen LogP contribution < -0.4 is 4.74 Å². The molecule has 2 aromatic carbocycles. The Kier molecular flexibility index (Phi) is 3.05. The SMILES string of the molecule is CC1Cc2c(O)cc(O)cc2O[C@@H]1c1ccc(O)c(O)c1. The predicted molar refractivity (Wildman–Crippen MR) is 75.8 cm³/mol. The Hall–Kier alpha value is -2.56. The van der Waals surface area contributed by atoms with Gasteiger partial charge in [-0.2, -0.15) is 0 Å². The van der Waals surface area contributed by atoms with Crippen LogP contribution >= 0.6 is 0 Å². The van der Waals surface area contributed by atoms with Gasteiger partial charge in [-0.25, -0.2) is 0 Å². The summed E-state index contributed by atoms with van der Waals surface area (Å²) >= 11 is 0. The first-order valence-electron chi connectivity index (χ1n) is 6.69. The standard InChI is InChI=1S/C16H16O5/c1-8-4-11-13(19)6-10(17)7-15(11)21-16(8)9-2-3-12(18)14(20)5-9/h2-3,5-8,16-20H,4H2,1H3/t8?,16-/m0/s1. The molecule has 0 bridgehead atoms. The lowest BCUT2D eigenvalue weighted by atomic mass is 9.87. The van der Waals surface area contributed by atoms with Crippen LogP contribution in [-0.4, -0.2) is 20.4 Å². The summed E-state index contributed by atoms with van der Waals surface area (Å²) in [5.41, 5.74) is 1.39. The second-order valence-corrected chi connectivity index (χ2v) is 5.41. The van der Waals surface area contributed by atoms with Crippen LogP contribution in [0.5, 0.6) is 28.7 Å². The Morgan fingerprint density at radius 1 is 0.952 bits per heavy atom. The highest BCUT2D eigenvalue weighted by Crippen LogP contribution is 2.44. The molecule has 1 heterocycles. The molecule has 0 saturated heterocycles. The molecule has 0 aliphatic carbocycles. The van der Waals surface area contributed by atoms with Crippen molar-refractivity contribution in [1.82, 2.24) is 0 Å². The lowest BCUT2D eigenvalue weighted by molar-refractivity contribution is 0.121. The number of aromatic hydroxyl groups is 4. The fourth-order valence-electron chi connectivity index (χ4n) is 2.72. The highest BCUT2D eigenvalue weighted by atomic mass is 16.5. The third kappa shape index (κ3) is 2.31. The van der Waals surface area contributed by atoms with E-state index >= 15 is 0 Å². The van der Waals surface area contributed by atoms with E-state index in [9.17, 15) is 20.4 Å². The van der Waals surface area contributed by atoms with Crippen LogP contribution in [0.15, 0.2) is 30.3 Å². The van der Waals surface area contributed by atoms with Crippen LogP contribution in [0.1, 0.15) is 24.2 Å². The fourth-order valence-corrected chi connectivity index (χ4v) is 2.72. The summed E-state index contributed by atoms with van der Waals surface area (Å²) in [7, 11) is 0. The van der Waals surface area contributed by atoms with Crippen molar-refractivity contribution in [2.24, 2.45) is 5.92 Å². The summed E-state index contributed by atoms with van der Waals surface area (Å²) in [6.45, 7) is 1.98. The van der Waals surface area contributed by atoms with Crippen molar-refractivity contribution in [2.75, 3.05) is 0 Å². The summed E-state index contributed by atoms with van der Waals surface area (Å²) in [5, 5.41) is 38.4. The Morgan fingerprint density at radius 3 is 2.43 bits per heavy atom. The van der Waals surface area contributed by atoms with E-state index in [-0.39, 0.29) is 35.0 Å². The van der Waals surface area contributed by atoms with Crippen LogP contribution in [0.4, 0.5) is 0 Å². The number of phenols is 4. The van der Waals surface area contributed by atoms with E-state index in [4.69, 9.17) is 4.74 Å². The van der Waals surface area contributed by atoms with Crippen molar-refractivity contribution in [3.8, 4) is 28.7 Å². The molecule has 1 aliphatic heterocycles. The van der Waals surface area contributed by atoms with E-state index in [2.05, 4.69) is 0 Å². The Labute approximate surface area is 121 Å². The molecule has 2 atom stereocenters. The lowest BCUT2D eigenvalue weighted by Gasteiger charge is -2.32. The van der Waals surface area contributed by atoms with Gasteiger partial charge in [0.1, 0.15) is 23.4 Å². The number of benzene rings is 2. The number of ether oxygens (including phenoxy) is 1. The van der Waals surface area contributed by atoms with Gasteiger partial charge in [0.05, 0.1) is 0 Å². The summed E-state index contributed by atoms with van der Waals surface area (Å²) in [6.07, 6.45) is 0.263. The lowest BCUT2D eigenvalue weighted by Crippen LogP contribution is -2.23. The highest BCUT2D eigenvalue weighted by molar-refractivity contribution is 5.51. The zero-order valence-electron chi connectivity index (χ0n) is 11.4. The largest absolute Gasteiger partial charge is 0.508 e. The van der Waals surface area contributed by atoms with Gasteiger partial charge in [0, 0.05) is 23.6 Å². The molecule has 0 fully saturated rings. The fraction of sp³-hybridized carbons (Fsp3) is 0.250. The minimum absolute atomic E-state index is 0.0175. The van der Waals surface area contributed by atoms with E-state index in [1.165, 1.54) is 24.3 Å². The van der Waals surface area contributed by atoms with Gasteiger partial charge in [-0.3, -0.25) is 0 Å². The van der Waals surface area contributed by atoms with Crippen molar-refractivity contribution >= 4 is 0 Å². The molecule has 0 radical (unpaired) electrons. The summed E-state index contributed by atoms with van der Waals surface area (Å²) in [4.78, 5) is 0.